The molecule has 0 bridgehead atoms. The first-order valence-electron chi connectivity index (χ1n) is 18.9. The molecule has 10 aromatic rings. The van der Waals surface area contributed by atoms with Crippen LogP contribution in [0, 0.1) is 0 Å². The van der Waals surface area contributed by atoms with Crippen LogP contribution in [0.4, 0.5) is 17.1 Å². The largest absolute Gasteiger partial charge is 0.309 e. The van der Waals surface area contributed by atoms with E-state index in [2.05, 4.69) is 229 Å². The lowest BCUT2D eigenvalue weighted by atomic mass is 9.91. The number of para-hydroxylation sites is 2. The molecule has 0 N–H and O–H groups in total. The lowest BCUT2D eigenvalue weighted by Crippen LogP contribution is -2.12. The standard InChI is InChI=1S/C54H37N/c1-2-17-39(18-3-1)45-21-8-9-22-46(45)40-32-34-44(35-33-40)55(53-28-14-12-24-48(53)43-31-30-38-16-4-5-19-41(38)36-43)54-29-15-13-27-51(54)52-37-42-20-6-7-23-47(42)49-25-10-11-26-50(49)52/h1-37H. The molecule has 0 unspecified atom stereocenters. The van der Waals surface area contributed by atoms with E-state index in [1.165, 1.54) is 76.8 Å². The first-order chi connectivity index (χ1) is 27.3. The predicted molar refractivity (Wildman–Crippen MR) is 235 cm³/mol. The molecule has 0 atom stereocenters. The summed E-state index contributed by atoms with van der Waals surface area (Å²) in [7, 11) is 0. The summed E-state index contributed by atoms with van der Waals surface area (Å²) in [5.74, 6) is 0. The summed E-state index contributed by atoms with van der Waals surface area (Å²) in [6.45, 7) is 0. The van der Waals surface area contributed by atoms with Gasteiger partial charge < -0.3 is 4.90 Å². The molecule has 0 saturated carbocycles. The molecule has 0 aliphatic rings. The Kier molecular flexibility index (Phi) is 8.24. The van der Waals surface area contributed by atoms with Crippen LogP contribution in [-0.4, -0.2) is 0 Å². The third kappa shape index (κ3) is 5.93. The third-order valence-corrected chi connectivity index (χ3v) is 10.9. The van der Waals surface area contributed by atoms with Crippen molar-refractivity contribution in [1.82, 2.24) is 0 Å². The summed E-state index contributed by atoms with van der Waals surface area (Å²) in [5.41, 5.74) is 12.9. The van der Waals surface area contributed by atoms with Gasteiger partial charge in [0, 0.05) is 16.8 Å². The first kappa shape index (κ1) is 32.4. The zero-order valence-corrected chi connectivity index (χ0v) is 30.3. The molecule has 0 amide bonds. The fourth-order valence-corrected chi connectivity index (χ4v) is 8.25. The highest BCUT2D eigenvalue weighted by atomic mass is 15.1. The molecule has 0 heterocycles. The number of rotatable bonds is 7. The van der Waals surface area contributed by atoms with Crippen molar-refractivity contribution in [3.63, 3.8) is 0 Å². The smallest absolute Gasteiger partial charge is 0.0540 e. The molecule has 10 aromatic carbocycles. The van der Waals surface area contributed by atoms with Crippen LogP contribution in [0.25, 0.3) is 76.8 Å². The number of hydrogen-bond donors (Lipinski definition) is 0. The SMILES string of the molecule is c1ccc(-c2ccccc2-c2ccc(N(c3ccccc3-c3ccc4ccccc4c3)c3ccccc3-c3cc4ccccc4c4ccccc34)cc2)cc1. The van der Waals surface area contributed by atoms with Crippen molar-refractivity contribution >= 4 is 49.4 Å². The second kappa shape index (κ2) is 14.0. The lowest BCUT2D eigenvalue weighted by Gasteiger charge is -2.30. The van der Waals surface area contributed by atoms with E-state index in [9.17, 15) is 0 Å². The van der Waals surface area contributed by atoms with E-state index < -0.39 is 0 Å². The first-order valence-corrected chi connectivity index (χ1v) is 18.9. The van der Waals surface area contributed by atoms with E-state index in [4.69, 9.17) is 0 Å². The Morgan fingerprint density at radius 3 is 1.45 bits per heavy atom. The summed E-state index contributed by atoms with van der Waals surface area (Å²) in [6, 6.07) is 81.5. The van der Waals surface area contributed by atoms with Crippen molar-refractivity contribution in [1.29, 1.82) is 0 Å². The van der Waals surface area contributed by atoms with Gasteiger partial charge in [-0.3, -0.25) is 0 Å². The number of benzene rings is 10. The molecule has 1 heteroatoms. The van der Waals surface area contributed by atoms with Crippen molar-refractivity contribution in [2.75, 3.05) is 4.90 Å². The molecule has 10 rings (SSSR count). The molecule has 0 spiro atoms. The molecule has 258 valence electrons. The molecule has 1 nitrogen and oxygen atoms in total. The second-order valence-corrected chi connectivity index (χ2v) is 14.1. The number of hydrogen-bond acceptors (Lipinski definition) is 1. The Morgan fingerprint density at radius 1 is 0.236 bits per heavy atom. The van der Waals surface area contributed by atoms with Gasteiger partial charge in [-0.05, 0) is 102 Å². The Morgan fingerprint density at radius 2 is 0.727 bits per heavy atom. The normalized spacial score (nSPS) is 11.3. The van der Waals surface area contributed by atoms with Gasteiger partial charge in [0.05, 0.1) is 11.4 Å². The molecular formula is C54H37N. The van der Waals surface area contributed by atoms with Gasteiger partial charge in [0.15, 0.2) is 0 Å². The van der Waals surface area contributed by atoms with Gasteiger partial charge in [-0.25, -0.2) is 0 Å². The van der Waals surface area contributed by atoms with E-state index in [0.717, 1.165) is 17.1 Å². The average Bonchev–Trinajstić information content (AvgIpc) is 3.27. The van der Waals surface area contributed by atoms with Crippen molar-refractivity contribution in [2.24, 2.45) is 0 Å². The molecule has 0 aliphatic heterocycles. The van der Waals surface area contributed by atoms with Crippen molar-refractivity contribution in [3.05, 3.63) is 224 Å². The van der Waals surface area contributed by atoms with E-state index >= 15 is 0 Å². The average molecular weight is 700 g/mol. The lowest BCUT2D eigenvalue weighted by molar-refractivity contribution is 1.28. The quantitative estimate of drug-likeness (QED) is 0.150. The van der Waals surface area contributed by atoms with Crippen LogP contribution in [0.2, 0.25) is 0 Å². The van der Waals surface area contributed by atoms with Crippen LogP contribution < -0.4 is 4.90 Å². The molecule has 0 aliphatic carbocycles. The van der Waals surface area contributed by atoms with E-state index in [-0.39, 0.29) is 0 Å². The molecule has 0 saturated heterocycles. The van der Waals surface area contributed by atoms with Crippen LogP contribution in [-0.2, 0) is 0 Å². The fourth-order valence-electron chi connectivity index (χ4n) is 8.25. The Labute approximate surface area is 322 Å². The third-order valence-electron chi connectivity index (χ3n) is 10.9. The minimum atomic E-state index is 1.09. The van der Waals surface area contributed by atoms with Crippen molar-refractivity contribution < 1.29 is 0 Å². The fraction of sp³-hybridized carbons (Fsp3) is 0. The van der Waals surface area contributed by atoms with Gasteiger partial charge in [-0.15, -0.1) is 0 Å². The number of nitrogens with zero attached hydrogens (tertiary/aromatic N) is 1. The van der Waals surface area contributed by atoms with Gasteiger partial charge in [0.25, 0.3) is 0 Å². The Bertz CT molecular complexity index is 2980. The minimum absolute atomic E-state index is 1.09. The summed E-state index contributed by atoms with van der Waals surface area (Å²) in [5, 5.41) is 7.46. The maximum Gasteiger partial charge on any atom is 0.0540 e. The molecular weight excluding hydrogens is 663 g/mol. The highest BCUT2D eigenvalue weighted by Crippen LogP contribution is 2.47. The van der Waals surface area contributed by atoms with E-state index in [1.807, 2.05) is 0 Å². The Hall–Kier alpha value is -7.22. The highest BCUT2D eigenvalue weighted by molar-refractivity contribution is 6.15. The molecule has 0 radical (unpaired) electrons. The van der Waals surface area contributed by atoms with Gasteiger partial charge >= 0.3 is 0 Å². The summed E-state index contributed by atoms with van der Waals surface area (Å²) < 4.78 is 0. The maximum atomic E-state index is 2.46. The van der Waals surface area contributed by atoms with Gasteiger partial charge in [-0.2, -0.15) is 0 Å². The minimum Gasteiger partial charge on any atom is -0.309 e. The van der Waals surface area contributed by atoms with Crippen LogP contribution >= 0.6 is 0 Å². The summed E-state index contributed by atoms with van der Waals surface area (Å²) >= 11 is 0. The monoisotopic (exact) mass is 699 g/mol. The topological polar surface area (TPSA) is 3.24 Å². The number of fused-ring (bicyclic) bond motifs is 4. The van der Waals surface area contributed by atoms with Crippen molar-refractivity contribution in [3.8, 4) is 44.5 Å². The second-order valence-electron chi connectivity index (χ2n) is 14.1. The van der Waals surface area contributed by atoms with Crippen LogP contribution in [0.5, 0.6) is 0 Å². The molecule has 0 fully saturated rings. The molecule has 0 aromatic heterocycles. The van der Waals surface area contributed by atoms with Crippen LogP contribution in [0.3, 0.4) is 0 Å². The van der Waals surface area contributed by atoms with Gasteiger partial charge in [0.2, 0.25) is 0 Å². The van der Waals surface area contributed by atoms with Crippen molar-refractivity contribution in [2.45, 2.75) is 0 Å². The van der Waals surface area contributed by atoms with Gasteiger partial charge in [0.1, 0.15) is 0 Å². The van der Waals surface area contributed by atoms with Gasteiger partial charge in [-0.1, -0.05) is 188 Å². The summed E-state index contributed by atoms with van der Waals surface area (Å²) in [6.07, 6.45) is 0. The highest BCUT2D eigenvalue weighted by Gasteiger charge is 2.22. The maximum absolute atomic E-state index is 2.46. The Balaban J connectivity index is 1.20. The van der Waals surface area contributed by atoms with E-state index in [1.54, 1.807) is 0 Å². The zero-order valence-electron chi connectivity index (χ0n) is 30.3. The zero-order chi connectivity index (χ0) is 36.6. The summed E-state index contributed by atoms with van der Waals surface area (Å²) in [4.78, 5) is 2.46. The van der Waals surface area contributed by atoms with Crippen LogP contribution in [0.15, 0.2) is 224 Å². The predicted octanol–water partition coefficient (Wildman–Crippen LogP) is 15.3. The van der Waals surface area contributed by atoms with E-state index in [0.29, 0.717) is 0 Å². The van der Waals surface area contributed by atoms with Crippen LogP contribution in [0.1, 0.15) is 0 Å². The molecule has 55 heavy (non-hydrogen) atoms. The number of anilines is 3.